The van der Waals surface area contributed by atoms with Crippen LogP contribution >= 0.6 is 11.3 Å². The van der Waals surface area contributed by atoms with Crippen LogP contribution in [0.5, 0.6) is 11.5 Å². The van der Waals surface area contributed by atoms with E-state index in [1.807, 2.05) is 11.3 Å². The van der Waals surface area contributed by atoms with Crippen LogP contribution in [0.3, 0.4) is 0 Å². The largest absolute Gasteiger partial charge is 0.454 e. The van der Waals surface area contributed by atoms with Crippen molar-refractivity contribution in [1.29, 1.82) is 0 Å². The molecule has 1 aromatic heterocycles. The second-order valence-corrected chi connectivity index (χ2v) is 22.5. The van der Waals surface area contributed by atoms with Gasteiger partial charge >= 0.3 is 0 Å². The van der Waals surface area contributed by atoms with Gasteiger partial charge in [-0.2, -0.15) is 0 Å². The number of nitrogens with zero attached hydrogens (tertiary/aromatic N) is 2. The molecule has 0 saturated heterocycles. The number of ether oxygens (including phenoxy) is 2. The van der Waals surface area contributed by atoms with Crippen molar-refractivity contribution in [3.05, 3.63) is 199 Å². The van der Waals surface area contributed by atoms with Crippen LogP contribution in [0.2, 0.25) is 0 Å². The summed E-state index contributed by atoms with van der Waals surface area (Å²) >= 11 is 1.87. The second-order valence-electron chi connectivity index (χ2n) is 21.4. The van der Waals surface area contributed by atoms with E-state index in [1.165, 1.54) is 98.0 Å². The molecule has 0 spiro atoms. The number of hydrogen-bond acceptors (Lipinski definition) is 5. The maximum atomic E-state index is 6.18. The first kappa shape index (κ1) is 42.6. The Morgan fingerprint density at radius 1 is 0.429 bits per heavy atom. The van der Waals surface area contributed by atoms with Crippen LogP contribution in [-0.4, -0.2) is 13.5 Å². The lowest BCUT2D eigenvalue weighted by Gasteiger charge is -2.44. The zero-order chi connectivity index (χ0) is 47.6. The molecular formula is C64H53BN2O2S. The lowest BCUT2D eigenvalue weighted by Crippen LogP contribution is -2.61. The molecule has 0 saturated carbocycles. The Bertz CT molecular complexity index is 3660. The average molecular weight is 925 g/mol. The van der Waals surface area contributed by atoms with Crippen LogP contribution in [0.15, 0.2) is 182 Å². The van der Waals surface area contributed by atoms with Crippen LogP contribution < -0.4 is 35.7 Å². The van der Waals surface area contributed by atoms with Crippen molar-refractivity contribution in [3.63, 3.8) is 0 Å². The first-order valence-corrected chi connectivity index (χ1v) is 25.3. The molecule has 4 nitrogen and oxygen atoms in total. The SMILES string of the molecule is Cc1cc2c3c(c1)N(c1ccccc1)c1cc4c(cc1B3c1ccc(-c3ccc5c(c3)sc3ccccc35)cc1N2c1cc(-c2ccc(C(C)(C)C)cc2)cc(-c2ccc(C(C)(C)C)cc2)c1)OCO4. The van der Waals surface area contributed by atoms with Gasteiger partial charge in [0.1, 0.15) is 0 Å². The highest BCUT2D eigenvalue weighted by Crippen LogP contribution is 2.49. The van der Waals surface area contributed by atoms with Crippen molar-refractivity contribution in [2.24, 2.45) is 0 Å². The zero-order valence-electron chi connectivity index (χ0n) is 40.7. The molecule has 0 amide bonds. The summed E-state index contributed by atoms with van der Waals surface area (Å²) in [6, 6.07) is 68.6. The molecule has 0 radical (unpaired) electrons. The van der Waals surface area contributed by atoms with Crippen molar-refractivity contribution < 1.29 is 9.47 Å². The third-order valence-corrected chi connectivity index (χ3v) is 15.9. The fourth-order valence-electron chi connectivity index (χ4n) is 11.1. The number of aryl methyl sites for hydroxylation is 1. The molecule has 0 N–H and O–H groups in total. The molecule has 10 aromatic rings. The van der Waals surface area contributed by atoms with Gasteiger partial charge in [0.25, 0.3) is 6.71 Å². The Morgan fingerprint density at radius 2 is 0.971 bits per heavy atom. The smallest absolute Gasteiger partial charge is 0.252 e. The zero-order valence-corrected chi connectivity index (χ0v) is 41.5. The van der Waals surface area contributed by atoms with E-state index in [9.17, 15) is 0 Å². The van der Waals surface area contributed by atoms with Crippen LogP contribution in [0.25, 0.3) is 53.6 Å². The monoisotopic (exact) mass is 924 g/mol. The number of anilines is 6. The van der Waals surface area contributed by atoms with Gasteiger partial charge in [-0.3, -0.25) is 0 Å². The topological polar surface area (TPSA) is 24.9 Å². The molecule has 3 aliphatic rings. The molecule has 13 rings (SSSR count). The van der Waals surface area contributed by atoms with E-state index in [4.69, 9.17) is 9.47 Å². The van der Waals surface area contributed by atoms with E-state index in [0.717, 1.165) is 34.2 Å². The summed E-state index contributed by atoms with van der Waals surface area (Å²) in [5.41, 5.74) is 21.5. The highest BCUT2D eigenvalue weighted by atomic mass is 32.1. The maximum absolute atomic E-state index is 6.18. The minimum Gasteiger partial charge on any atom is -0.454 e. The van der Waals surface area contributed by atoms with Gasteiger partial charge in [0, 0.05) is 60.4 Å². The second kappa shape index (κ2) is 15.7. The maximum Gasteiger partial charge on any atom is 0.252 e. The molecule has 4 heterocycles. The summed E-state index contributed by atoms with van der Waals surface area (Å²) in [4.78, 5) is 5.01. The standard InChI is InChI=1S/C64H53BN2O2S/c1-39-29-56-62-57(30-39)67(49-32-44(40-17-23-46(24-18-40)63(2,3)4)31-45(33-49)41-19-25-47(26-20-41)64(5,6)7)54-34-42(43-21-27-51-50-15-11-12-16-60(50)70-61(51)35-43)22-28-52(54)65(62)53-36-58-59(69-38-68-58)37-55(53)66(56)48-13-9-8-10-14-48/h8-37H,38H2,1-7H3. The van der Waals surface area contributed by atoms with E-state index >= 15 is 0 Å². The predicted octanol–water partition coefficient (Wildman–Crippen LogP) is 15.8. The molecule has 70 heavy (non-hydrogen) atoms. The third kappa shape index (κ3) is 6.94. The molecule has 0 aliphatic carbocycles. The molecule has 6 heteroatoms. The summed E-state index contributed by atoms with van der Waals surface area (Å²) in [5.74, 6) is 1.56. The van der Waals surface area contributed by atoms with Gasteiger partial charge in [-0.15, -0.1) is 11.3 Å². The highest BCUT2D eigenvalue weighted by molar-refractivity contribution is 7.25. The molecule has 9 aromatic carbocycles. The van der Waals surface area contributed by atoms with Gasteiger partial charge in [0.05, 0.1) is 0 Å². The van der Waals surface area contributed by atoms with Crippen LogP contribution in [0.1, 0.15) is 58.2 Å². The van der Waals surface area contributed by atoms with E-state index in [-0.39, 0.29) is 24.3 Å². The van der Waals surface area contributed by atoms with E-state index in [2.05, 4.69) is 240 Å². The quantitative estimate of drug-likeness (QED) is 0.161. The van der Waals surface area contributed by atoms with Crippen LogP contribution in [0, 0.1) is 6.92 Å². The normalized spacial score (nSPS) is 13.7. The predicted molar refractivity (Wildman–Crippen MR) is 298 cm³/mol. The summed E-state index contributed by atoms with van der Waals surface area (Å²) in [6.45, 7) is 16.1. The van der Waals surface area contributed by atoms with Crippen molar-refractivity contribution in [2.75, 3.05) is 16.6 Å². The highest BCUT2D eigenvalue weighted by Gasteiger charge is 2.44. The summed E-state index contributed by atoms with van der Waals surface area (Å²) in [6.07, 6.45) is 0. The first-order valence-electron chi connectivity index (χ1n) is 24.5. The van der Waals surface area contributed by atoms with Crippen molar-refractivity contribution >= 4 is 88.7 Å². The van der Waals surface area contributed by atoms with Crippen LogP contribution in [-0.2, 0) is 10.8 Å². The molecule has 0 fully saturated rings. The number of rotatable bonds is 5. The summed E-state index contributed by atoms with van der Waals surface area (Å²) < 4.78 is 14.9. The Kier molecular flexibility index (Phi) is 9.57. The molecule has 0 unspecified atom stereocenters. The van der Waals surface area contributed by atoms with Gasteiger partial charge in [-0.05, 0) is 151 Å². The molecule has 0 bridgehead atoms. The third-order valence-electron chi connectivity index (χ3n) is 14.8. The van der Waals surface area contributed by atoms with Gasteiger partial charge in [-0.1, -0.05) is 151 Å². The van der Waals surface area contributed by atoms with Gasteiger partial charge in [0.2, 0.25) is 6.79 Å². The van der Waals surface area contributed by atoms with Gasteiger partial charge < -0.3 is 19.3 Å². The van der Waals surface area contributed by atoms with Crippen molar-refractivity contribution in [1.82, 2.24) is 0 Å². The molecule has 340 valence electrons. The number of hydrogen-bond donors (Lipinski definition) is 0. The summed E-state index contributed by atoms with van der Waals surface area (Å²) in [5, 5.41) is 2.61. The Hall–Kier alpha value is -7.54. The fraction of sp³-hybridized carbons (Fsp3) is 0.156. The lowest BCUT2D eigenvalue weighted by molar-refractivity contribution is 0.174. The number of para-hydroxylation sites is 1. The Morgan fingerprint density at radius 3 is 1.63 bits per heavy atom. The Labute approximate surface area is 415 Å². The number of fused-ring (bicyclic) bond motifs is 8. The Balaban J connectivity index is 1.09. The van der Waals surface area contributed by atoms with Crippen molar-refractivity contribution in [2.45, 2.75) is 59.3 Å². The average Bonchev–Trinajstić information content (AvgIpc) is 3.99. The molecular weight excluding hydrogens is 872 g/mol. The minimum atomic E-state index is -0.0852. The number of thiophene rings is 1. The van der Waals surface area contributed by atoms with E-state index < -0.39 is 0 Å². The first-order chi connectivity index (χ1) is 33.8. The van der Waals surface area contributed by atoms with Crippen molar-refractivity contribution in [3.8, 4) is 44.9 Å². The number of benzene rings is 9. The van der Waals surface area contributed by atoms with Crippen LogP contribution in [0.4, 0.5) is 34.1 Å². The molecule has 0 atom stereocenters. The lowest BCUT2D eigenvalue weighted by atomic mass is 9.33. The summed E-state index contributed by atoms with van der Waals surface area (Å²) in [7, 11) is 0. The van der Waals surface area contributed by atoms with Gasteiger partial charge in [0.15, 0.2) is 11.5 Å². The minimum absolute atomic E-state index is 0.0450. The van der Waals surface area contributed by atoms with Gasteiger partial charge in [-0.25, -0.2) is 0 Å². The molecule has 3 aliphatic heterocycles. The van der Waals surface area contributed by atoms with E-state index in [0.29, 0.717) is 0 Å². The fourth-order valence-corrected chi connectivity index (χ4v) is 12.3. The van der Waals surface area contributed by atoms with E-state index in [1.54, 1.807) is 0 Å².